The van der Waals surface area contributed by atoms with Crippen LogP contribution in [0.1, 0.15) is 140 Å². The first-order chi connectivity index (χ1) is 28.7. The van der Waals surface area contributed by atoms with Crippen molar-refractivity contribution in [2.45, 2.75) is 171 Å². The monoisotopic (exact) mass is 860 g/mol. The normalized spacial score (nSPS) is 25.4. The molecule has 2 saturated heterocycles. The highest BCUT2D eigenvalue weighted by Gasteiger charge is 2.95. The van der Waals surface area contributed by atoms with Crippen molar-refractivity contribution >= 4 is 19.2 Å². The van der Waals surface area contributed by atoms with Crippen LogP contribution in [0.5, 0.6) is 0 Å². The molecule has 3 N–H and O–H groups in total. The third-order valence-electron chi connectivity index (χ3n) is 11.5. The molecule has 1 aromatic carbocycles. The number of nitrogens with two attached hydrogens (primary N) is 1. The van der Waals surface area contributed by atoms with E-state index in [0.29, 0.717) is 29.6 Å². The summed E-state index contributed by atoms with van der Waals surface area (Å²) in [5, 5.41) is 24.1. The molecular formula is C42H56F3N6O8P. The average molecular weight is 861 g/mol. The maximum absolute atomic E-state index is 14.2. The number of hydrogen-bond acceptors (Lipinski definition) is 12. The van der Waals surface area contributed by atoms with Crippen molar-refractivity contribution in [3.8, 4) is 12.1 Å². The van der Waals surface area contributed by atoms with E-state index in [1.165, 1.54) is 42.2 Å². The third-order valence-corrected chi connectivity index (χ3v) is 12.4. The van der Waals surface area contributed by atoms with E-state index >= 15 is 0 Å². The van der Waals surface area contributed by atoms with E-state index in [9.17, 15) is 33.2 Å². The van der Waals surface area contributed by atoms with E-state index in [1.54, 1.807) is 26.0 Å². The van der Waals surface area contributed by atoms with Crippen LogP contribution in [0.15, 0.2) is 36.7 Å². The Kier molecular flexibility index (Phi) is 15.3. The van der Waals surface area contributed by atoms with Crippen molar-refractivity contribution in [2.24, 2.45) is 0 Å². The van der Waals surface area contributed by atoms with Gasteiger partial charge in [-0.05, 0) is 62.6 Å². The molecule has 3 fully saturated rings. The summed E-state index contributed by atoms with van der Waals surface area (Å²) in [6.45, 7) is 2.91. The van der Waals surface area contributed by atoms with Crippen LogP contribution < -0.4 is 5.73 Å². The Morgan fingerprint density at radius 2 is 1.58 bits per heavy atom. The van der Waals surface area contributed by atoms with E-state index in [-0.39, 0.29) is 31.0 Å². The Hall–Kier alpha value is -3.64. The van der Waals surface area contributed by atoms with Gasteiger partial charge in [-0.3, -0.25) is 9.05 Å². The summed E-state index contributed by atoms with van der Waals surface area (Å²) in [6.07, 6.45) is 9.98. The Morgan fingerprint density at radius 3 is 2.20 bits per heavy atom. The quantitative estimate of drug-likeness (QED) is 0.0573. The fourth-order valence-electron chi connectivity index (χ4n) is 8.58. The molecule has 2 aromatic heterocycles. The van der Waals surface area contributed by atoms with Gasteiger partial charge in [0.05, 0.1) is 36.6 Å². The number of fused-ring (bicyclic) bond motifs is 1. The molecule has 1 aliphatic carbocycles. The fourth-order valence-corrected chi connectivity index (χ4v) is 9.56. The number of phosphoric acid groups is 1. The molecule has 6 rings (SSSR count). The number of nitrogens with zero attached hydrogens (tertiary/aromatic N) is 5. The van der Waals surface area contributed by atoms with Crippen molar-refractivity contribution in [1.29, 1.82) is 10.5 Å². The van der Waals surface area contributed by atoms with Gasteiger partial charge in [0.2, 0.25) is 12.0 Å². The first kappa shape index (κ1) is 45.9. The zero-order valence-electron chi connectivity index (χ0n) is 34.3. The maximum Gasteiger partial charge on any atom is 0.472 e. The molecule has 3 aromatic rings. The number of anilines is 1. The number of unbranched alkanes of at least 4 members (excludes halogenated alkanes) is 13. The molecule has 0 amide bonds. The maximum atomic E-state index is 14.2. The Labute approximate surface area is 349 Å². The van der Waals surface area contributed by atoms with Crippen LogP contribution in [0.25, 0.3) is 5.52 Å². The molecule has 328 valence electrons. The van der Waals surface area contributed by atoms with Crippen molar-refractivity contribution in [2.75, 3.05) is 12.3 Å². The van der Waals surface area contributed by atoms with Crippen LogP contribution >= 0.6 is 7.82 Å². The molecule has 0 bridgehead atoms. The van der Waals surface area contributed by atoms with E-state index < -0.39 is 61.5 Å². The molecule has 2 unspecified atom stereocenters. The summed E-state index contributed by atoms with van der Waals surface area (Å²) >= 11 is 0. The number of aromatic nitrogens is 3. The minimum absolute atomic E-state index is 0.00637. The van der Waals surface area contributed by atoms with Gasteiger partial charge in [-0.1, -0.05) is 83.5 Å². The second kappa shape index (κ2) is 20.0. The Balaban J connectivity index is 0.995. The largest absolute Gasteiger partial charge is 0.472 e. The van der Waals surface area contributed by atoms with Gasteiger partial charge < -0.3 is 29.6 Å². The van der Waals surface area contributed by atoms with Gasteiger partial charge in [-0.2, -0.15) is 15.6 Å². The highest BCUT2D eigenvalue weighted by molar-refractivity contribution is 7.47. The lowest BCUT2D eigenvalue weighted by Gasteiger charge is -2.25. The van der Waals surface area contributed by atoms with Crippen LogP contribution in [-0.4, -0.2) is 67.8 Å². The zero-order chi connectivity index (χ0) is 43.0. The van der Waals surface area contributed by atoms with Gasteiger partial charge in [0, 0.05) is 6.42 Å². The molecule has 60 heavy (non-hydrogen) atoms. The fraction of sp³-hybridized carbons (Fsp3) is 0.667. The molecule has 7 atom stereocenters. The van der Waals surface area contributed by atoms with E-state index in [0.717, 1.165) is 70.3 Å². The van der Waals surface area contributed by atoms with Crippen LogP contribution in [0, 0.1) is 28.5 Å². The molecule has 14 nitrogen and oxygen atoms in total. The highest BCUT2D eigenvalue weighted by Crippen LogP contribution is 2.74. The Morgan fingerprint density at radius 1 is 0.950 bits per heavy atom. The molecule has 18 heteroatoms. The zero-order valence-corrected chi connectivity index (χ0v) is 35.2. The Bertz CT molecular complexity index is 2050. The summed E-state index contributed by atoms with van der Waals surface area (Å²) in [5.74, 6) is -1.55. The highest BCUT2D eigenvalue weighted by atomic mass is 31.2. The van der Waals surface area contributed by atoms with E-state index in [4.69, 9.17) is 33.7 Å². The first-order valence-corrected chi connectivity index (χ1v) is 22.5. The minimum atomic E-state index is -4.88. The number of rotatable bonds is 26. The van der Waals surface area contributed by atoms with E-state index in [2.05, 4.69) is 16.2 Å². The molecular weight excluding hydrogens is 804 g/mol. The number of phosphoric ester groups is 1. The number of alkyl halides is 2. The van der Waals surface area contributed by atoms with Gasteiger partial charge in [-0.15, -0.1) is 0 Å². The third kappa shape index (κ3) is 10.7. The lowest BCUT2D eigenvalue weighted by molar-refractivity contribution is -0.182. The predicted molar refractivity (Wildman–Crippen MR) is 213 cm³/mol. The number of hydrogen-bond donors (Lipinski definition) is 2. The molecule has 2 aliphatic heterocycles. The summed E-state index contributed by atoms with van der Waals surface area (Å²) < 4.78 is 90.0. The lowest BCUT2D eigenvalue weighted by Crippen LogP contribution is -2.33. The molecule has 4 heterocycles. The summed E-state index contributed by atoms with van der Waals surface area (Å²) in [6, 6.07) is 11.4. The number of ether oxygens (including phenoxy) is 4. The number of halogens is 3. The van der Waals surface area contributed by atoms with Crippen LogP contribution in [0.4, 0.5) is 19.0 Å². The van der Waals surface area contributed by atoms with Crippen LogP contribution in [0.3, 0.4) is 0 Å². The second-order valence-electron chi connectivity index (χ2n) is 16.5. The number of benzene rings is 1. The van der Waals surface area contributed by atoms with Crippen molar-refractivity contribution in [1.82, 2.24) is 14.6 Å². The number of nitrogen functional groups attached to an aromatic ring is 1. The average Bonchev–Trinajstić information content (AvgIpc) is 3.55. The van der Waals surface area contributed by atoms with Gasteiger partial charge in [0.25, 0.3) is 0 Å². The van der Waals surface area contributed by atoms with Crippen molar-refractivity contribution in [3.63, 3.8) is 0 Å². The second-order valence-corrected chi connectivity index (χ2v) is 17.9. The van der Waals surface area contributed by atoms with Crippen molar-refractivity contribution in [3.05, 3.63) is 59.3 Å². The van der Waals surface area contributed by atoms with E-state index in [1.807, 2.05) is 6.07 Å². The summed E-state index contributed by atoms with van der Waals surface area (Å²) in [4.78, 5) is 15.1. The van der Waals surface area contributed by atoms with Crippen LogP contribution in [0.2, 0.25) is 0 Å². The first-order valence-electron chi connectivity index (χ1n) is 21.0. The lowest BCUT2D eigenvalue weighted by atomic mass is 10.0. The van der Waals surface area contributed by atoms with Gasteiger partial charge in [0.1, 0.15) is 35.9 Å². The molecule has 0 radical (unpaired) electrons. The molecule has 1 saturated carbocycles. The standard InChI is InChI=1S/C42H56F3N6O8P/c1-40(2)57-37-36(33-19-20-34-38(48)49-28-50-51(33)34)56-41(27-47)39(42(37,41)59-40)58-60(52,53)55-26-32(54-25-30-21-29(24-46)22-31(43)23-30)17-15-13-11-9-7-5-3-4-6-8-10-12-14-16-18-35(44)45/h19-23,28,32,35-37,39H,3-18,25-26H2,1-2H3,(H,52,53)(H2,48,49,50)/t32-,36+,37+,39?,41-,42-/m1/s1. The minimum Gasteiger partial charge on any atom is -0.382 e. The summed E-state index contributed by atoms with van der Waals surface area (Å²) in [7, 11) is -4.88. The molecule has 1 spiro atoms. The van der Waals surface area contributed by atoms with Gasteiger partial charge in [0.15, 0.2) is 23.3 Å². The van der Waals surface area contributed by atoms with Gasteiger partial charge >= 0.3 is 7.82 Å². The van der Waals surface area contributed by atoms with Gasteiger partial charge in [-0.25, -0.2) is 27.2 Å². The SMILES string of the molecule is CC1(C)O[C@H]2[C@H](c3ccc4c(N)ncnn34)O[C@]3(C#N)C(OP(=O)(O)OC[C@@H](CCCCCCCCCCCCCCCCC(F)F)OCc4cc(F)cc(C#N)c4)[C@]23O1. The summed E-state index contributed by atoms with van der Waals surface area (Å²) in [5.41, 5.74) is 4.23. The smallest absolute Gasteiger partial charge is 0.382 e. The predicted octanol–water partition coefficient (Wildman–Crippen LogP) is 9.15. The van der Waals surface area contributed by atoms with Crippen LogP contribution in [-0.2, 0) is 39.2 Å². The van der Waals surface area contributed by atoms with Crippen molar-refractivity contribution < 1.29 is 50.6 Å². The topological polar surface area (TPSA) is 196 Å². The number of nitriles is 2. The molecule has 3 aliphatic rings.